The fourth-order valence-corrected chi connectivity index (χ4v) is 2.87. The Morgan fingerprint density at radius 3 is 2.52 bits per heavy atom. The third kappa shape index (κ3) is 4.19. The van der Waals surface area contributed by atoms with Crippen molar-refractivity contribution in [3.63, 3.8) is 0 Å². The second-order valence-electron chi connectivity index (χ2n) is 6.14. The van der Waals surface area contributed by atoms with Crippen LogP contribution in [0.1, 0.15) is 34.1 Å². The van der Waals surface area contributed by atoms with Crippen molar-refractivity contribution >= 4 is 11.9 Å². The molecule has 1 heterocycles. The van der Waals surface area contributed by atoms with Crippen LogP contribution in [0.4, 0.5) is 8.78 Å². The number of carbonyl (C=O) groups is 2. The second kappa shape index (κ2) is 8.44. The van der Waals surface area contributed by atoms with Gasteiger partial charge in [-0.15, -0.1) is 0 Å². The topological polar surface area (TPSA) is 111 Å². The van der Waals surface area contributed by atoms with E-state index in [4.69, 9.17) is 15.0 Å². The molecule has 142 valence electrons. The maximum absolute atomic E-state index is 15.0. The summed E-state index contributed by atoms with van der Waals surface area (Å²) in [5, 5.41) is 3.29. The molecule has 0 saturated carbocycles. The van der Waals surface area contributed by atoms with Crippen LogP contribution < -0.4 is 0 Å². The van der Waals surface area contributed by atoms with Crippen molar-refractivity contribution in [2.24, 2.45) is 17.0 Å². The average Bonchev–Trinajstić information content (AvgIpc) is 2.58. The number of nitrogens with zero attached hydrogens (tertiary/aromatic N) is 3. The normalized spacial score (nSPS) is 34.4. The molecule has 5 unspecified atom stereocenters. The van der Waals surface area contributed by atoms with Crippen LogP contribution in [0.15, 0.2) is 5.11 Å². The third-order valence-electron chi connectivity index (χ3n) is 4.50. The van der Waals surface area contributed by atoms with Gasteiger partial charge in [0.05, 0.1) is 13.2 Å². The van der Waals surface area contributed by atoms with Gasteiger partial charge in [0, 0.05) is 11.8 Å². The predicted octanol–water partition coefficient (Wildman–Crippen LogP) is 2.85. The fraction of sp³-hybridized carbons (Fsp3) is 0.867. The monoisotopic (exact) mass is 363 g/mol. The summed E-state index contributed by atoms with van der Waals surface area (Å²) in [5.41, 5.74) is 8.67. The van der Waals surface area contributed by atoms with E-state index in [-0.39, 0.29) is 5.92 Å². The highest BCUT2D eigenvalue weighted by molar-refractivity contribution is 5.79. The van der Waals surface area contributed by atoms with Crippen molar-refractivity contribution < 1.29 is 32.6 Å². The summed E-state index contributed by atoms with van der Waals surface area (Å²) in [5.74, 6) is -6.80. The van der Waals surface area contributed by atoms with E-state index in [2.05, 4.69) is 14.8 Å². The van der Waals surface area contributed by atoms with Gasteiger partial charge >= 0.3 is 17.8 Å². The number of carbonyl (C=O) groups excluding carboxylic acids is 2. The summed E-state index contributed by atoms with van der Waals surface area (Å²) in [6, 6.07) is -1.53. The van der Waals surface area contributed by atoms with Crippen LogP contribution in [0.25, 0.3) is 10.4 Å². The Morgan fingerprint density at radius 2 is 2.08 bits per heavy atom. The lowest BCUT2D eigenvalue weighted by molar-refractivity contribution is -0.282. The van der Waals surface area contributed by atoms with Crippen LogP contribution in [0.2, 0.25) is 0 Å². The lowest BCUT2D eigenvalue weighted by Crippen LogP contribution is -2.64. The lowest BCUT2D eigenvalue weighted by atomic mass is 9.80. The molecule has 0 radical (unpaired) electrons. The molecule has 8 nitrogen and oxygen atoms in total. The number of methoxy groups -OCH3 is 1. The Balaban J connectivity index is 3.37. The molecule has 1 rings (SSSR count). The van der Waals surface area contributed by atoms with Crippen molar-refractivity contribution in [2.75, 3.05) is 7.11 Å². The minimum Gasteiger partial charge on any atom is -0.465 e. The number of ether oxygens (including phenoxy) is 3. The summed E-state index contributed by atoms with van der Waals surface area (Å²) in [6.45, 7) is 6.22. The summed E-state index contributed by atoms with van der Waals surface area (Å²) >= 11 is 0. The minimum absolute atomic E-state index is 0.277. The van der Waals surface area contributed by atoms with Crippen LogP contribution in [0.5, 0.6) is 0 Å². The number of rotatable bonds is 6. The summed E-state index contributed by atoms with van der Waals surface area (Å²) < 4.78 is 44.3. The molecule has 0 aliphatic carbocycles. The SMILES string of the molecule is CC[C@@H](C)[C@@H](OC(C)=O)C1OC(F)(C(=O)OC)C(F)C(N=[N+]=[N-])C1C. The van der Waals surface area contributed by atoms with Crippen LogP contribution in [0.3, 0.4) is 0 Å². The molecule has 0 amide bonds. The van der Waals surface area contributed by atoms with Gasteiger partial charge in [0.25, 0.3) is 0 Å². The smallest absolute Gasteiger partial charge is 0.375 e. The number of esters is 2. The molecule has 25 heavy (non-hydrogen) atoms. The average molecular weight is 363 g/mol. The van der Waals surface area contributed by atoms with Crippen molar-refractivity contribution in [1.29, 1.82) is 0 Å². The van der Waals surface area contributed by atoms with Crippen molar-refractivity contribution in [3.05, 3.63) is 10.4 Å². The van der Waals surface area contributed by atoms with Crippen molar-refractivity contribution in [3.8, 4) is 0 Å². The lowest BCUT2D eigenvalue weighted by Gasteiger charge is -2.46. The van der Waals surface area contributed by atoms with Gasteiger partial charge in [-0.1, -0.05) is 25.9 Å². The molecule has 1 saturated heterocycles. The first kappa shape index (κ1) is 21.1. The maximum Gasteiger partial charge on any atom is 0.375 e. The van der Waals surface area contributed by atoms with Gasteiger partial charge in [-0.25, -0.2) is 9.18 Å². The van der Waals surface area contributed by atoms with Crippen molar-refractivity contribution in [2.45, 2.75) is 64.4 Å². The van der Waals surface area contributed by atoms with Crippen LogP contribution in [0, 0.1) is 11.8 Å². The Kier molecular flexibility index (Phi) is 7.13. The van der Waals surface area contributed by atoms with Gasteiger partial charge < -0.3 is 14.2 Å². The van der Waals surface area contributed by atoms with Crippen LogP contribution in [-0.4, -0.2) is 49.3 Å². The molecule has 0 aromatic rings. The highest BCUT2D eigenvalue weighted by Gasteiger charge is 2.62. The first-order chi connectivity index (χ1) is 11.6. The molecule has 0 aromatic heterocycles. The van der Waals surface area contributed by atoms with E-state index in [0.717, 1.165) is 7.11 Å². The highest BCUT2D eigenvalue weighted by atomic mass is 19.2. The maximum atomic E-state index is 15.0. The zero-order valence-electron chi connectivity index (χ0n) is 14.8. The Bertz CT molecular complexity index is 557. The molecule has 7 atom stereocenters. The van der Waals surface area contributed by atoms with Crippen LogP contribution in [-0.2, 0) is 23.8 Å². The van der Waals surface area contributed by atoms with E-state index in [9.17, 15) is 14.0 Å². The minimum atomic E-state index is -3.46. The van der Waals surface area contributed by atoms with Gasteiger partial charge in [0.2, 0.25) is 0 Å². The molecular formula is C15H23F2N3O5. The molecule has 10 heteroatoms. The Labute approximate surface area is 144 Å². The zero-order chi connectivity index (χ0) is 19.4. The summed E-state index contributed by atoms with van der Waals surface area (Å²) in [7, 11) is 0.883. The third-order valence-corrected chi connectivity index (χ3v) is 4.50. The largest absolute Gasteiger partial charge is 0.465 e. The number of halogens is 2. The predicted molar refractivity (Wildman–Crippen MR) is 82.7 cm³/mol. The number of azide groups is 1. The summed E-state index contributed by atoms with van der Waals surface area (Å²) in [4.78, 5) is 25.7. The molecule has 0 spiro atoms. The van der Waals surface area contributed by atoms with E-state index in [1.807, 2.05) is 6.92 Å². The van der Waals surface area contributed by atoms with Crippen molar-refractivity contribution in [1.82, 2.24) is 0 Å². The molecular weight excluding hydrogens is 340 g/mol. The van der Waals surface area contributed by atoms with Crippen LogP contribution >= 0.6 is 0 Å². The van der Waals surface area contributed by atoms with Gasteiger partial charge in [-0.3, -0.25) is 4.79 Å². The van der Waals surface area contributed by atoms with E-state index in [1.165, 1.54) is 13.8 Å². The number of hydrogen-bond donors (Lipinski definition) is 0. The van der Waals surface area contributed by atoms with Gasteiger partial charge in [0.15, 0.2) is 6.17 Å². The number of hydrogen-bond acceptors (Lipinski definition) is 6. The Morgan fingerprint density at radius 1 is 1.48 bits per heavy atom. The second-order valence-corrected chi connectivity index (χ2v) is 6.14. The fourth-order valence-electron chi connectivity index (χ4n) is 2.87. The molecule has 1 aliphatic rings. The molecule has 1 fully saturated rings. The zero-order valence-corrected chi connectivity index (χ0v) is 14.8. The summed E-state index contributed by atoms with van der Waals surface area (Å²) in [6.07, 6.45) is -4.17. The quantitative estimate of drug-likeness (QED) is 0.312. The molecule has 1 aliphatic heterocycles. The van der Waals surface area contributed by atoms with Gasteiger partial charge in [-0.05, 0) is 23.8 Å². The van der Waals surface area contributed by atoms with E-state index >= 15 is 4.39 Å². The standard InChI is InChI=1S/C15H23F2N3O5/c1-6-7(2)11(24-9(4)21)12-8(3)10(19-20-18)13(16)15(17,25-12)14(22)23-5/h7-8,10-13H,6H2,1-5H3/t7-,8?,10?,11-,12?,13?,15?/m1/s1. The van der Waals surface area contributed by atoms with E-state index in [0.29, 0.717) is 6.42 Å². The molecule has 0 bridgehead atoms. The number of alkyl halides is 2. The highest BCUT2D eigenvalue weighted by Crippen LogP contribution is 2.42. The van der Waals surface area contributed by atoms with Gasteiger partial charge in [0.1, 0.15) is 12.2 Å². The van der Waals surface area contributed by atoms with E-state index in [1.54, 1.807) is 6.92 Å². The molecule has 0 aromatic carbocycles. The van der Waals surface area contributed by atoms with E-state index < -0.39 is 48.1 Å². The first-order valence-corrected chi connectivity index (χ1v) is 7.94. The Hall–Kier alpha value is -1.93. The van der Waals surface area contributed by atoms with Gasteiger partial charge in [-0.2, -0.15) is 4.39 Å². The first-order valence-electron chi connectivity index (χ1n) is 7.94. The molecule has 0 N–H and O–H groups in total.